The molecule has 19 heavy (non-hydrogen) atoms. The monoisotopic (exact) mass is 342 g/mol. The molecule has 0 N–H and O–H groups in total. The minimum atomic E-state index is -0.347. The minimum Gasteiger partial charge on any atom is -0.488 e. The quantitative estimate of drug-likeness (QED) is 0.688. The van der Waals surface area contributed by atoms with Gasteiger partial charge >= 0.3 is 0 Å². The molecule has 0 aliphatic rings. The van der Waals surface area contributed by atoms with Crippen LogP contribution in [0.5, 0.6) is 5.75 Å². The van der Waals surface area contributed by atoms with Crippen molar-refractivity contribution in [2.45, 2.75) is 18.9 Å². The second kappa shape index (κ2) is 6.40. The highest BCUT2D eigenvalue weighted by molar-refractivity contribution is 9.08. The van der Waals surface area contributed by atoms with E-state index in [-0.39, 0.29) is 12.4 Å². The molecule has 0 amide bonds. The molecule has 0 saturated heterocycles. The van der Waals surface area contributed by atoms with Crippen LogP contribution in [0.4, 0.5) is 4.39 Å². The average molecular weight is 344 g/mol. The maximum atomic E-state index is 13.6. The van der Waals surface area contributed by atoms with E-state index in [1.54, 1.807) is 12.1 Å². The van der Waals surface area contributed by atoms with Crippen LogP contribution in [0.3, 0.4) is 0 Å². The topological polar surface area (TPSA) is 9.23 Å². The third kappa shape index (κ3) is 3.71. The van der Waals surface area contributed by atoms with Crippen LogP contribution < -0.4 is 4.74 Å². The Bertz CT molecular complexity index is 586. The highest BCUT2D eigenvalue weighted by atomic mass is 79.9. The van der Waals surface area contributed by atoms with Crippen molar-refractivity contribution in [3.63, 3.8) is 0 Å². The van der Waals surface area contributed by atoms with Crippen LogP contribution in [-0.2, 0) is 11.9 Å². The summed E-state index contributed by atoms with van der Waals surface area (Å²) in [6.07, 6.45) is 0. The standard InChI is InChI=1S/C15H13BrClFO/c1-10-2-5-15(12(6-10)8-16)19-9-11-3-4-13(17)7-14(11)18/h2-7H,8-9H2,1H3. The number of ether oxygens (including phenoxy) is 1. The second-order valence-corrected chi connectivity index (χ2v) is 5.27. The molecule has 1 nitrogen and oxygen atoms in total. The first-order valence-corrected chi connectivity index (χ1v) is 7.32. The average Bonchev–Trinajstić information content (AvgIpc) is 2.39. The van der Waals surface area contributed by atoms with E-state index in [0.717, 1.165) is 11.3 Å². The van der Waals surface area contributed by atoms with Gasteiger partial charge in [-0.05, 0) is 25.1 Å². The maximum Gasteiger partial charge on any atom is 0.131 e. The van der Waals surface area contributed by atoms with Crippen molar-refractivity contribution < 1.29 is 9.13 Å². The van der Waals surface area contributed by atoms with Gasteiger partial charge in [0.2, 0.25) is 0 Å². The first-order chi connectivity index (χ1) is 9.10. The van der Waals surface area contributed by atoms with E-state index >= 15 is 0 Å². The lowest BCUT2D eigenvalue weighted by Gasteiger charge is -2.11. The SMILES string of the molecule is Cc1ccc(OCc2ccc(Cl)cc2F)c(CBr)c1. The van der Waals surface area contributed by atoms with E-state index < -0.39 is 0 Å². The van der Waals surface area contributed by atoms with E-state index in [1.165, 1.54) is 11.6 Å². The number of hydrogen-bond donors (Lipinski definition) is 0. The number of alkyl halides is 1. The molecule has 0 unspecified atom stereocenters. The van der Waals surface area contributed by atoms with Gasteiger partial charge in [-0.25, -0.2) is 4.39 Å². The predicted octanol–water partition coefficient (Wildman–Crippen LogP) is 5.26. The van der Waals surface area contributed by atoms with Gasteiger partial charge in [-0.3, -0.25) is 0 Å². The first kappa shape index (κ1) is 14.4. The van der Waals surface area contributed by atoms with Gasteiger partial charge in [-0.15, -0.1) is 0 Å². The van der Waals surface area contributed by atoms with Gasteiger partial charge in [0.25, 0.3) is 0 Å². The first-order valence-electron chi connectivity index (χ1n) is 5.82. The molecule has 0 heterocycles. The van der Waals surface area contributed by atoms with Crippen molar-refractivity contribution >= 4 is 27.5 Å². The smallest absolute Gasteiger partial charge is 0.131 e. The molecule has 100 valence electrons. The number of benzene rings is 2. The van der Waals surface area contributed by atoms with Crippen molar-refractivity contribution in [3.8, 4) is 5.75 Å². The largest absolute Gasteiger partial charge is 0.488 e. The predicted molar refractivity (Wildman–Crippen MR) is 79.6 cm³/mol. The normalized spacial score (nSPS) is 10.5. The van der Waals surface area contributed by atoms with E-state index in [0.29, 0.717) is 15.9 Å². The van der Waals surface area contributed by atoms with Crippen LogP contribution in [0.2, 0.25) is 5.02 Å². The summed E-state index contributed by atoms with van der Waals surface area (Å²) in [5, 5.41) is 1.09. The molecule has 2 aromatic rings. The number of rotatable bonds is 4. The van der Waals surface area contributed by atoms with Crippen molar-refractivity contribution in [1.29, 1.82) is 0 Å². The fourth-order valence-electron chi connectivity index (χ4n) is 1.75. The third-order valence-corrected chi connectivity index (χ3v) is 3.60. The number of halogens is 3. The van der Waals surface area contributed by atoms with E-state index in [4.69, 9.17) is 16.3 Å². The fourth-order valence-corrected chi connectivity index (χ4v) is 2.34. The Hall–Kier alpha value is -1.06. The van der Waals surface area contributed by atoms with Crippen LogP contribution in [0.15, 0.2) is 36.4 Å². The number of aryl methyl sites for hydroxylation is 1. The van der Waals surface area contributed by atoms with Gasteiger partial charge in [-0.2, -0.15) is 0 Å². The van der Waals surface area contributed by atoms with Gasteiger partial charge in [-0.1, -0.05) is 51.3 Å². The van der Waals surface area contributed by atoms with E-state index in [2.05, 4.69) is 15.9 Å². The molecule has 0 fully saturated rings. The molecule has 4 heteroatoms. The van der Waals surface area contributed by atoms with Crippen LogP contribution >= 0.6 is 27.5 Å². The van der Waals surface area contributed by atoms with Gasteiger partial charge in [0.1, 0.15) is 18.2 Å². The zero-order valence-corrected chi connectivity index (χ0v) is 12.8. The Labute approximate surface area is 125 Å². The zero-order chi connectivity index (χ0) is 13.8. The fraction of sp³-hybridized carbons (Fsp3) is 0.200. The van der Waals surface area contributed by atoms with Gasteiger partial charge < -0.3 is 4.74 Å². The number of hydrogen-bond acceptors (Lipinski definition) is 1. The lowest BCUT2D eigenvalue weighted by atomic mass is 10.1. The van der Waals surface area contributed by atoms with Gasteiger partial charge in [0.15, 0.2) is 0 Å². The summed E-state index contributed by atoms with van der Waals surface area (Å²) < 4.78 is 19.3. The molecule has 0 aromatic heterocycles. The van der Waals surface area contributed by atoms with Gasteiger partial charge in [0.05, 0.1) is 0 Å². The molecule has 0 radical (unpaired) electrons. The molecule has 0 atom stereocenters. The molecule has 0 spiro atoms. The second-order valence-electron chi connectivity index (χ2n) is 4.27. The van der Waals surface area contributed by atoms with Crippen molar-refractivity contribution in [3.05, 3.63) is 63.9 Å². The highest BCUT2D eigenvalue weighted by Gasteiger charge is 2.07. The summed E-state index contributed by atoms with van der Waals surface area (Å²) in [5.74, 6) is 0.414. The molecule has 2 rings (SSSR count). The van der Waals surface area contributed by atoms with Crippen LogP contribution in [0.25, 0.3) is 0 Å². The van der Waals surface area contributed by atoms with Crippen LogP contribution in [-0.4, -0.2) is 0 Å². The molecule has 2 aromatic carbocycles. The molecular formula is C15H13BrClFO. The zero-order valence-electron chi connectivity index (χ0n) is 10.4. The summed E-state index contributed by atoms with van der Waals surface area (Å²) in [6.45, 7) is 2.21. The third-order valence-electron chi connectivity index (χ3n) is 2.76. The summed E-state index contributed by atoms with van der Waals surface area (Å²) in [7, 11) is 0. The lowest BCUT2D eigenvalue weighted by Crippen LogP contribution is -2.00. The summed E-state index contributed by atoms with van der Waals surface area (Å²) >= 11 is 9.13. The summed E-state index contributed by atoms with van der Waals surface area (Å²) in [6, 6.07) is 10.5. The van der Waals surface area contributed by atoms with Crippen LogP contribution in [0, 0.1) is 12.7 Å². The van der Waals surface area contributed by atoms with Crippen molar-refractivity contribution in [2.75, 3.05) is 0 Å². The van der Waals surface area contributed by atoms with Gasteiger partial charge in [0, 0.05) is 21.5 Å². The summed E-state index contributed by atoms with van der Waals surface area (Å²) in [5.41, 5.74) is 2.71. The Balaban J connectivity index is 2.14. The summed E-state index contributed by atoms with van der Waals surface area (Å²) in [4.78, 5) is 0. The Morgan fingerprint density at radius 2 is 1.95 bits per heavy atom. The minimum absolute atomic E-state index is 0.187. The molecule has 0 bridgehead atoms. The Morgan fingerprint density at radius 1 is 1.16 bits per heavy atom. The molecular weight excluding hydrogens is 331 g/mol. The van der Waals surface area contributed by atoms with Crippen molar-refractivity contribution in [2.24, 2.45) is 0 Å². The molecule has 0 aliphatic carbocycles. The lowest BCUT2D eigenvalue weighted by molar-refractivity contribution is 0.297. The molecule has 0 saturated carbocycles. The Morgan fingerprint density at radius 3 is 2.63 bits per heavy atom. The van der Waals surface area contributed by atoms with Crippen molar-refractivity contribution in [1.82, 2.24) is 0 Å². The highest BCUT2D eigenvalue weighted by Crippen LogP contribution is 2.24. The van der Waals surface area contributed by atoms with Crippen LogP contribution in [0.1, 0.15) is 16.7 Å². The van der Waals surface area contributed by atoms with E-state index in [9.17, 15) is 4.39 Å². The maximum absolute atomic E-state index is 13.6. The Kier molecular flexibility index (Phi) is 4.83. The van der Waals surface area contributed by atoms with E-state index in [1.807, 2.05) is 25.1 Å². The molecule has 0 aliphatic heterocycles.